The van der Waals surface area contributed by atoms with E-state index in [0.717, 1.165) is 44.6 Å². The number of ether oxygens (including phenoxy) is 3. The summed E-state index contributed by atoms with van der Waals surface area (Å²) in [6.45, 7) is 1.13. The van der Waals surface area contributed by atoms with Crippen molar-refractivity contribution in [1.29, 1.82) is 0 Å². The van der Waals surface area contributed by atoms with Gasteiger partial charge >= 0.3 is 0 Å². The van der Waals surface area contributed by atoms with E-state index in [-0.39, 0.29) is 0 Å². The van der Waals surface area contributed by atoms with Gasteiger partial charge in [-0.2, -0.15) is 5.10 Å². The van der Waals surface area contributed by atoms with Crippen molar-refractivity contribution in [2.45, 2.75) is 6.42 Å². The Hall–Kier alpha value is -3.58. The van der Waals surface area contributed by atoms with Crippen LogP contribution >= 0.6 is 11.3 Å². The van der Waals surface area contributed by atoms with Crippen molar-refractivity contribution in [2.75, 3.05) is 25.7 Å². The number of nitrogens with one attached hydrogen (secondary N) is 1. The van der Waals surface area contributed by atoms with Crippen molar-refractivity contribution in [3.63, 3.8) is 0 Å². The van der Waals surface area contributed by atoms with Crippen LogP contribution in [0, 0.1) is 0 Å². The molecule has 7 heteroatoms. The predicted molar refractivity (Wildman–Crippen MR) is 126 cm³/mol. The second-order valence-corrected chi connectivity index (χ2v) is 7.69. The molecule has 4 aromatic rings. The molecule has 4 rings (SSSR count). The van der Waals surface area contributed by atoms with Gasteiger partial charge in [0.2, 0.25) is 5.13 Å². The molecular formula is C24H23N3O3S. The van der Waals surface area contributed by atoms with Crippen molar-refractivity contribution < 1.29 is 14.2 Å². The van der Waals surface area contributed by atoms with Gasteiger partial charge in [0, 0.05) is 12.5 Å². The standard InChI is InChI=1S/C24H23N3O3S/c1-28-19-8-5-10-21(16-19)30-14-6-13-29-20-9-4-7-18(15-20)17-25-27-24-26-22-11-2-3-12-23(22)31-24/h2-5,7-12,15-17H,6,13-14H2,1H3,(H,26,27)/b25-17+. The van der Waals surface area contributed by atoms with Gasteiger partial charge in [0.05, 0.1) is 36.8 Å². The Bertz CT molecular complexity index is 1130. The molecule has 0 atom stereocenters. The molecule has 1 aromatic heterocycles. The van der Waals surface area contributed by atoms with Crippen LogP contribution in [0.15, 0.2) is 77.9 Å². The Labute approximate surface area is 185 Å². The van der Waals surface area contributed by atoms with Crippen LogP contribution in [0.2, 0.25) is 0 Å². The summed E-state index contributed by atoms with van der Waals surface area (Å²) in [4.78, 5) is 4.50. The van der Waals surface area contributed by atoms with E-state index in [4.69, 9.17) is 14.2 Å². The summed E-state index contributed by atoms with van der Waals surface area (Å²) in [5.74, 6) is 2.37. The topological polar surface area (TPSA) is 65.0 Å². The summed E-state index contributed by atoms with van der Waals surface area (Å²) in [5.41, 5.74) is 4.91. The molecule has 31 heavy (non-hydrogen) atoms. The van der Waals surface area contributed by atoms with E-state index in [0.29, 0.717) is 13.2 Å². The molecule has 0 unspecified atom stereocenters. The number of nitrogens with zero attached hydrogens (tertiary/aromatic N) is 2. The summed E-state index contributed by atoms with van der Waals surface area (Å²) in [6.07, 6.45) is 2.53. The zero-order valence-corrected chi connectivity index (χ0v) is 18.0. The predicted octanol–water partition coefficient (Wildman–Crippen LogP) is 5.60. The van der Waals surface area contributed by atoms with Gasteiger partial charge in [-0.05, 0) is 42.0 Å². The van der Waals surface area contributed by atoms with Gasteiger partial charge < -0.3 is 14.2 Å². The normalized spacial score (nSPS) is 11.0. The molecule has 0 saturated carbocycles. The van der Waals surface area contributed by atoms with Crippen LogP contribution in [0.3, 0.4) is 0 Å². The molecule has 0 radical (unpaired) electrons. The summed E-state index contributed by atoms with van der Waals surface area (Å²) < 4.78 is 17.9. The summed E-state index contributed by atoms with van der Waals surface area (Å²) >= 11 is 1.57. The number of anilines is 1. The van der Waals surface area contributed by atoms with Gasteiger partial charge in [0.25, 0.3) is 0 Å². The molecule has 0 fully saturated rings. The molecule has 3 aromatic carbocycles. The first-order valence-corrected chi connectivity index (χ1v) is 10.8. The second-order valence-electron chi connectivity index (χ2n) is 6.66. The summed E-state index contributed by atoms with van der Waals surface area (Å²) in [7, 11) is 1.64. The number of methoxy groups -OCH3 is 1. The van der Waals surface area contributed by atoms with Crippen LogP contribution in [0.25, 0.3) is 10.2 Å². The number of benzene rings is 3. The number of aromatic nitrogens is 1. The first kappa shape index (κ1) is 20.7. The highest BCUT2D eigenvalue weighted by atomic mass is 32.1. The number of hydrazone groups is 1. The SMILES string of the molecule is COc1cccc(OCCCOc2cccc(/C=N/Nc3nc4ccccc4s3)c2)c1. The van der Waals surface area contributed by atoms with Crippen molar-refractivity contribution in [3.8, 4) is 17.2 Å². The van der Waals surface area contributed by atoms with E-state index >= 15 is 0 Å². The average molecular weight is 434 g/mol. The monoisotopic (exact) mass is 433 g/mol. The van der Waals surface area contributed by atoms with Gasteiger partial charge in [-0.1, -0.05) is 41.7 Å². The Morgan fingerprint density at radius 3 is 2.45 bits per heavy atom. The fraction of sp³-hybridized carbons (Fsp3) is 0.167. The smallest absolute Gasteiger partial charge is 0.204 e. The van der Waals surface area contributed by atoms with Crippen LogP contribution in [-0.4, -0.2) is 31.5 Å². The van der Waals surface area contributed by atoms with E-state index in [2.05, 4.69) is 15.5 Å². The minimum Gasteiger partial charge on any atom is -0.497 e. The maximum Gasteiger partial charge on any atom is 0.204 e. The van der Waals surface area contributed by atoms with Crippen molar-refractivity contribution in [2.24, 2.45) is 5.10 Å². The molecular weight excluding hydrogens is 410 g/mol. The van der Waals surface area contributed by atoms with E-state index in [1.54, 1.807) is 24.7 Å². The summed E-state index contributed by atoms with van der Waals surface area (Å²) in [6, 6.07) is 23.4. The molecule has 1 N–H and O–H groups in total. The average Bonchev–Trinajstić information content (AvgIpc) is 3.22. The van der Waals surface area contributed by atoms with Crippen molar-refractivity contribution >= 4 is 32.9 Å². The quantitative estimate of drug-likeness (QED) is 0.200. The minimum absolute atomic E-state index is 0.564. The Morgan fingerprint density at radius 2 is 1.65 bits per heavy atom. The second kappa shape index (κ2) is 10.4. The third-order valence-corrected chi connectivity index (χ3v) is 5.33. The number of para-hydroxylation sites is 1. The highest BCUT2D eigenvalue weighted by Crippen LogP contribution is 2.25. The van der Waals surface area contributed by atoms with Gasteiger partial charge in [0.1, 0.15) is 17.2 Å². The lowest BCUT2D eigenvalue weighted by Gasteiger charge is -2.09. The molecule has 158 valence electrons. The number of thiazole rings is 1. The van der Waals surface area contributed by atoms with Crippen LogP contribution in [0.1, 0.15) is 12.0 Å². The van der Waals surface area contributed by atoms with E-state index in [1.807, 2.05) is 72.8 Å². The lowest BCUT2D eigenvalue weighted by Crippen LogP contribution is -2.05. The maximum absolute atomic E-state index is 5.84. The van der Waals surface area contributed by atoms with E-state index in [9.17, 15) is 0 Å². The molecule has 0 aliphatic heterocycles. The number of hydrogen-bond acceptors (Lipinski definition) is 7. The summed E-state index contributed by atoms with van der Waals surface area (Å²) in [5, 5.41) is 5.06. The molecule has 0 saturated heterocycles. The first-order chi connectivity index (χ1) is 15.3. The van der Waals surface area contributed by atoms with Gasteiger partial charge in [-0.25, -0.2) is 4.98 Å². The highest BCUT2D eigenvalue weighted by Gasteiger charge is 2.01. The Balaban J connectivity index is 1.22. The van der Waals surface area contributed by atoms with Crippen LogP contribution < -0.4 is 19.6 Å². The van der Waals surface area contributed by atoms with Crippen LogP contribution in [0.5, 0.6) is 17.2 Å². The number of fused-ring (bicyclic) bond motifs is 1. The van der Waals surface area contributed by atoms with Crippen molar-refractivity contribution in [1.82, 2.24) is 4.98 Å². The molecule has 0 aliphatic rings. The fourth-order valence-corrected chi connectivity index (χ4v) is 3.71. The minimum atomic E-state index is 0.564. The van der Waals surface area contributed by atoms with Crippen molar-refractivity contribution in [3.05, 3.63) is 78.4 Å². The molecule has 0 bridgehead atoms. The van der Waals surface area contributed by atoms with E-state index < -0.39 is 0 Å². The molecule has 0 aliphatic carbocycles. The third kappa shape index (κ3) is 5.96. The van der Waals surface area contributed by atoms with E-state index in [1.165, 1.54) is 0 Å². The number of rotatable bonds is 10. The molecule has 1 heterocycles. The zero-order chi connectivity index (χ0) is 21.3. The van der Waals surface area contributed by atoms with Gasteiger partial charge in [-0.15, -0.1) is 0 Å². The third-order valence-electron chi connectivity index (χ3n) is 4.39. The molecule has 0 spiro atoms. The lowest BCUT2D eigenvalue weighted by atomic mass is 10.2. The van der Waals surface area contributed by atoms with Gasteiger partial charge in [-0.3, -0.25) is 5.43 Å². The number of hydrogen-bond donors (Lipinski definition) is 1. The maximum atomic E-state index is 5.84. The first-order valence-electron chi connectivity index (χ1n) is 9.94. The van der Waals surface area contributed by atoms with Crippen LogP contribution in [-0.2, 0) is 0 Å². The largest absolute Gasteiger partial charge is 0.497 e. The molecule has 6 nitrogen and oxygen atoms in total. The highest BCUT2D eigenvalue weighted by molar-refractivity contribution is 7.22. The lowest BCUT2D eigenvalue weighted by molar-refractivity contribution is 0.247. The Kier molecular flexibility index (Phi) is 6.97. The zero-order valence-electron chi connectivity index (χ0n) is 17.2. The molecule has 0 amide bonds. The van der Waals surface area contributed by atoms with Gasteiger partial charge in [0.15, 0.2) is 0 Å². The fourth-order valence-electron chi connectivity index (χ4n) is 2.90. The van der Waals surface area contributed by atoms with Crippen LogP contribution in [0.4, 0.5) is 5.13 Å². The Morgan fingerprint density at radius 1 is 0.903 bits per heavy atom.